The van der Waals surface area contributed by atoms with Gasteiger partial charge in [-0.2, -0.15) is 0 Å². The van der Waals surface area contributed by atoms with E-state index >= 15 is 0 Å². The predicted octanol–water partition coefficient (Wildman–Crippen LogP) is 13.8. The normalized spacial score (nSPS) is 12.6. The Morgan fingerprint density at radius 3 is 1.93 bits per heavy atom. The highest BCUT2D eigenvalue weighted by atomic mass is 15.2. The zero-order valence-corrected chi connectivity index (χ0v) is 33.6. The predicted molar refractivity (Wildman–Crippen MR) is 256 cm³/mol. The van der Waals surface area contributed by atoms with Crippen LogP contribution < -0.4 is 20.7 Å². The summed E-state index contributed by atoms with van der Waals surface area (Å²) in [5, 5.41) is 5.09. The highest BCUT2D eigenvalue weighted by molar-refractivity contribution is 6.90. The molecule has 3 nitrogen and oxygen atoms in total. The maximum atomic E-state index is 2.67. The third kappa shape index (κ3) is 5.23. The number of fused-ring (bicyclic) bond motifs is 9. The van der Waals surface area contributed by atoms with Gasteiger partial charge in [0.05, 0.1) is 11.4 Å². The SMILES string of the molecule is CCCCc1ccc(N2c3ccc(N(c4ccccc4)c4ccccc4)cc3B3c4c(cc5ccccc5c42)-c2cccc4c5ccccc5n3c24)c(-c2ccccc2)c1. The second-order valence-corrected chi connectivity index (χ2v) is 16.3. The van der Waals surface area contributed by atoms with Crippen LogP contribution in [0.1, 0.15) is 25.3 Å². The third-order valence-corrected chi connectivity index (χ3v) is 12.9. The number of nitrogens with zero attached hydrogens (tertiary/aromatic N) is 3. The summed E-state index contributed by atoms with van der Waals surface area (Å²) in [5.41, 5.74) is 18.7. The molecule has 0 fully saturated rings. The molecule has 0 amide bonds. The van der Waals surface area contributed by atoms with E-state index in [1.807, 2.05) is 0 Å². The van der Waals surface area contributed by atoms with Gasteiger partial charge in [0.1, 0.15) is 0 Å². The molecule has 0 saturated carbocycles. The molecular weight excluding hydrogens is 725 g/mol. The van der Waals surface area contributed by atoms with Gasteiger partial charge in [-0.1, -0.05) is 147 Å². The average Bonchev–Trinajstić information content (AvgIpc) is 3.65. The number of benzene rings is 9. The van der Waals surface area contributed by atoms with Crippen molar-refractivity contribution in [3.63, 3.8) is 0 Å². The fourth-order valence-corrected chi connectivity index (χ4v) is 10.3. The zero-order chi connectivity index (χ0) is 39.7. The molecular formula is C56H42BN3. The first kappa shape index (κ1) is 34.7. The number of rotatable bonds is 8. The molecule has 4 heteroatoms. The first-order valence-electron chi connectivity index (χ1n) is 21.4. The van der Waals surface area contributed by atoms with E-state index in [2.05, 4.69) is 221 Å². The van der Waals surface area contributed by atoms with Gasteiger partial charge in [-0.15, -0.1) is 0 Å². The first-order chi connectivity index (χ1) is 29.8. The largest absolute Gasteiger partial charge is 0.375 e. The van der Waals surface area contributed by atoms with E-state index in [0.717, 1.165) is 23.5 Å². The lowest BCUT2D eigenvalue weighted by Crippen LogP contribution is -2.56. The highest BCUT2D eigenvalue weighted by Gasteiger charge is 2.44. The zero-order valence-electron chi connectivity index (χ0n) is 33.6. The molecule has 0 spiro atoms. The van der Waals surface area contributed by atoms with Crippen molar-refractivity contribution in [2.24, 2.45) is 0 Å². The molecule has 60 heavy (non-hydrogen) atoms. The fourth-order valence-electron chi connectivity index (χ4n) is 10.3. The molecule has 3 heterocycles. The molecule has 1 aromatic heterocycles. The number of hydrogen-bond donors (Lipinski definition) is 0. The topological polar surface area (TPSA) is 11.4 Å². The van der Waals surface area contributed by atoms with Gasteiger partial charge in [0.25, 0.3) is 0 Å². The lowest BCUT2D eigenvalue weighted by atomic mass is 9.44. The molecule has 0 atom stereocenters. The summed E-state index contributed by atoms with van der Waals surface area (Å²) in [5.74, 6) is 0. The van der Waals surface area contributed by atoms with Crippen LogP contribution in [-0.2, 0) is 6.42 Å². The molecule has 2 aliphatic rings. The molecule has 0 bridgehead atoms. The number of anilines is 6. The van der Waals surface area contributed by atoms with Gasteiger partial charge in [0.15, 0.2) is 0 Å². The quantitative estimate of drug-likeness (QED) is 0.143. The van der Waals surface area contributed by atoms with Gasteiger partial charge in [-0.25, -0.2) is 0 Å². The lowest BCUT2D eigenvalue weighted by Gasteiger charge is -2.42. The highest BCUT2D eigenvalue weighted by Crippen LogP contribution is 2.50. The summed E-state index contributed by atoms with van der Waals surface area (Å²) in [6.07, 6.45) is 3.39. The molecule has 0 N–H and O–H groups in total. The first-order valence-corrected chi connectivity index (χ1v) is 21.4. The Balaban J connectivity index is 1.23. The number of aromatic nitrogens is 1. The molecule has 0 radical (unpaired) electrons. The lowest BCUT2D eigenvalue weighted by molar-refractivity contribution is 0.795. The van der Waals surface area contributed by atoms with Gasteiger partial charge in [-0.3, -0.25) is 0 Å². The van der Waals surface area contributed by atoms with Crippen LogP contribution in [-0.4, -0.2) is 11.3 Å². The van der Waals surface area contributed by atoms with E-state index in [9.17, 15) is 0 Å². The minimum atomic E-state index is -0.0829. The molecule has 10 aromatic rings. The third-order valence-electron chi connectivity index (χ3n) is 12.9. The van der Waals surface area contributed by atoms with Crippen LogP contribution in [0.25, 0.3) is 54.8 Å². The van der Waals surface area contributed by atoms with Crippen LogP contribution in [0.5, 0.6) is 0 Å². The van der Waals surface area contributed by atoms with Crippen molar-refractivity contribution < 1.29 is 0 Å². The molecule has 12 rings (SSSR count). The van der Waals surface area contributed by atoms with Crippen LogP contribution in [0.3, 0.4) is 0 Å². The smallest absolute Gasteiger partial charge is 0.333 e. The maximum absolute atomic E-state index is 2.67. The fraction of sp³-hybridized carbons (Fsp3) is 0.0714. The number of hydrogen-bond acceptors (Lipinski definition) is 2. The molecule has 9 aromatic carbocycles. The van der Waals surface area contributed by atoms with Crippen LogP contribution >= 0.6 is 0 Å². The van der Waals surface area contributed by atoms with Crippen LogP contribution in [0.4, 0.5) is 34.1 Å². The van der Waals surface area contributed by atoms with E-state index in [0.29, 0.717) is 0 Å². The Hall–Kier alpha value is -7.30. The summed E-state index contributed by atoms with van der Waals surface area (Å²) in [7, 11) is 0. The second-order valence-electron chi connectivity index (χ2n) is 16.3. The Kier molecular flexibility index (Phi) is 8.06. The summed E-state index contributed by atoms with van der Waals surface area (Å²) in [4.78, 5) is 5.02. The average molecular weight is 768 g/mol. The van der Waals surface area contributed by atoms with Crippen LogP contribution in [0.15, 0.2) is 200 Å². The van der Waals surface area contributed by atoms with Gasteiger partial charge in [0.2, 0.25) is 0 Å². The van der Waals surface area contributed by atoms with Crippen molar-refractivity contribution in [2.75, 3.05) is 9.80 Å². The Morgan fingerprint density at radius 1 is 0.500 bits per heavy atom. The van der Waals surface area contributed by atoms with Gasteiger partial charge in [0, 0.05) is 61.1 Å². The van der Waals surface area contributed by atoms with Crippen molar-refractivity contribution in [3.05, 3.63) is 206 Å². The van der Waals surface area contributed by atoms with E-state index in [-0.39, 0.29) is 6.85 Å². The molecule has 2 aliphatic heterocycles. The minimum absolute atomic E-state index is 0.0829. The minimum Gasteiger partial charge on any atom is -0.375 e. The second kappa shape index (κ2) is 13.9. The van der Waals surface area contributed by atoms with E-state index in [4.69, 9.17) is 0 Å². The van der Waals surface area contributed by atoms with Gasteiger partial charge in [-0.05, 0) is 113 Å². The number of aryl methyl sites for hydroxylation is 1. The monoisotopic (exact) mass is 767 g/mol. The van der Waals surface area contributed by atoms with Crippen molar-refractivity contribution in [3.8, 4) is 22.3 Å². The van der Waals surface area contributed by atoms with Crippen LogP contribution in [0, 0.1) is 0 Å². The van der Waals surface area contributed by atoms with E-state index in [1.54, 1.807) is 0 Å². The Labute approximate surface area is 351 Å². The summed E-state index contributed by atoms with van der Waals surface area (Å²) in [6.45, 7) is 2.20. The number of unbranched alkanes of at least 4 members (excludes halogenated alkanes) is 1. The van der Waals surface area contributed by atoms with Crippen molar-refractivity contribution >= 4 is 84.5 Å². The standard InChI is InChI=1S/C56H42BN3/c1-2-3-18-38-31-33-51(48(35-38)39-19-7-4-8-20-39)59-53-34-32-43(58(41-22-9-5-10-23-41)42-24-11-6-12-25-42)37-50(53)57-54-49(36-40-21-13-14-26-44(40)56(54)59)47-29-17-28-46-45-27-15-16-30-52(45)60(57)55(46)47/h4-17,19-37H,2-3,18H2,1H3. The summed E-state index contributed by atoms with van der Waals surface area (Å²) < 4.78 is 2.67. The molecule has 0 saturated heterocycles. The van der Waals surface area contributed by atoms with Crippen molar-refractivity contribution in [2.45, 2.75) is 26.2 Å². The van der Waals surface area contributed by atoms with E-state index in [1.165, 1.54) is 101 Å². The summed E-state index contributed by atoms with van der Waals surface area (Å²) >= 11 is 0. The van der Waals surface area contributed by atoms with Crippen LogP contribution in [0.2, 0.25) is 0 Å². The number of para-hydroxylation sites is 4. The van der Waals surface area contributed by atoms with Crippen molar-refractivity contribution in [1.29, 1.82) is 0 Å². The Bertz CT molecular complexity index is 3220. The summed E-state index contributed by atoms with van der Waals surface area (Å²) in [6, 6.07) is 74.5. The molecule has 284 valence electrons. The molecule has 0 aliphatic carbocycles. The van der Waals surface area contributed by atoms with Gasteiger partial charge < -0.3 is 14.3 Å². The maximum Gasteiger partial charge on any atom is 0.333 e. The molecule has 0 unspecified atom stereocenters. The van der Waals surface area contributed by atoms with Crippen molar-refractivity contribution in [1.82, 2.24) is 4.48 Å². The van der Waals surface area contributed by atoms with Gasteiger partial charge >= 0.3 is 6.85 Å². The van der Waals surface area contributed by atoms with E-state index < -0.39 is 0 Å². The Morgan fingerprint density at radius 2 is 1.17 bits per heavy atom.